The number of amides is 1. The minimum atomic E-state index is -0.151. The number of nitrogens with zero attached hydrogens (tertiary/aromatic N) is 2. The Labute approximate surface area is 89.4 Å². The summed E-state index contributed by atoms with van der Waals surface area (Å²) in [6.45, 7) is 5.72. The quantitative estimate of drug-likeness (QED) is 0.725. The molecule has 1 aromatic rings. The number of nitrogens with one attached hydrogen (secondary N) is 1. The smallest absolute Gasteiger partial charge is 0.271 e. The maximum atomic E-state index is 11.6. The van der Waals surface area contributed by atoms with Crippen LogP contribution in [0.4, 0.5) is 0 Å². The third-order valence-corrected chi connectivity index (χ3v) is 2.11. The highest BCUT2D eigenvalue weighted by molar-refractivity contribution is 5.92. The Hall–Kier alpha value is -1.36. The Morgan fingerprint density at radius 1 is 1.67 bits per heavy atom. The van der Waals surface area contributed by atoms with Crippen molar-refractivity contribution in [2.24, 2.45) is 0 Å². The summed E-state index contributed by atoms with van der Waals surface area (Å²) in [6.07, 6.45) is 0. The number of aryl methyl sites for hydroxylation is 2. The van der Waals surface area contributed by atoms with Crippen LogP contribution in [-0.4, -0.2) is 35.9 Å². The Bertz CT molecular complexity index is 333. The number of rotatable bonds is 5. The van der Waals surface area contributed by atoms with E-state index in [-0.39, 0.29) is 5.91 Å². The average molecular weight is 211 g/mol. The molecule has 5 heteroatoms. The SMILES string of the molecule is CCn1nc(C(=O)NCCOC)cc1C. The van der Waals surface area contributed by atoms with Crippen LogP contribution in [0.1, 0.15) is 23.1 Å². The summed E-state index contributed by atoms with van der Waals surface area (Å²) in [7, 11) is 1.60. The monoisotopic (exact) mass is 211 g/mol. The number of methoxy groups -OCH3 is 1. The summed E-state index contributed by atoms with van der Waals surface area (Å²) < 4.78 is 6.63. The molecule has 1 aromatic heterocycles. The zero-order valence-electron chi connectivity index (χ0n) is 9.41. The van der Waals surface area contributed by atoms with Crippen molar-refractivity contribution in [1.29, 1.82) is 0 Å². The van der Waals surface area contributed by atoms with Crippen molar-refractivity contribution in [3.8, 4) is 0 Å². The minimum Gasteiger partial charge on any atom is -0.383 e. The largest absolute Gasteiger partial charge is 0.383 e. The van der Waals surface area contributed by atoms with Gasteiger partial charge in [-0.25, -0.2) is 0 Å². The van der Waals surface area contributed by atoms with Crippen molar-refractivity contribution in [2.75, 3.05) is 20.3 Å². The molecule has 0 saturated heterocycles. The van der Waals surface area contributed by atoms with Gasteiger partial charge in [-0.3, -0.25) is 9.48 Å². The van der Waals surface area contributed by atoms with Crippen LogP contribution in [0.15, 0.2) is 6.07 Å². The van der Waals surface area contributed by atoms with Gasteiger partial charge in [0, 0.05) is 25.9 Å². The van der Waals surface area contributed by atoms with Crippen LogP contribution in [0.3, 0.4) is 0 Å². The number of hydrogen-bond donors (Lipinski definition) is 1. The van der Waals surface area contributed by atoms with Crippen molar-refractivity contribution in [2.45, 2.75) is 20.4 Å². The van der Waals surface area contributed by atoms with Gasteiger partial charge in [0.1, 0.15) is 5.69 Å². The van der Waals surface area contributed by atoms with Gasteiger partial charge in [-0.15, -0.1) is 0 Å². The van der Waals surface area contributed by atoms with E-state index in [2.05, 4.69) is 10.4 Å². The summed E-state index contributed by atoms with van der Waals surface area (Å²) in [5, 5.41) is 6.90. The normalized spacial score (nSPS) is 10.3. The first kappa shape index (κ1) is 11.7. The molecular formula is C10H17N3O2. The zero-order valence-corrected chi connectivity index (χ0v) is 9.41. The summed E-state index contributed by atoms with van der Waals surface area (Å²) in [5.41, 5.74) is 1.46. The van der Waals surface area contributed by atoms with Gasteiger partial charge in [0.15, 0.2) is 0 Å². The lowest BCUT2D eigenvalue weighted by molar-refractivity contribution is 0.0931. The van der Waals surface area contributed by atoms with Gasteiger partial charge in [-0.2, -0.15) is 5.10 Å². The van der Waals surface area contributed by atoms with Crippen LogP contribution in [0.2, 0.25) is 0 Å². The maximum Gasteiger partial charge on any atom is 0.271 e. The maximum absolute atomic E-state index is 11.6. The summed E-state index contributed by atoms with van der Waals surface area (Å²) in [5.74, 6) is -0.151. The highest BCUT2D eigenvalue weighted by Crippen LogP contribution is 2.02. The van der Waals surface area contributed by atoms with Crippen LogP contribution in [0.5, 0.6) is 0 Å². The molecule has 1 amide bonds. The molecule has 1 heterocycles. The average Bonchev–Trinajstić information content (AvgIpc) is 2.60. The Morgan fingerprint density at radius 2 is 2.40 bits per heavy atom. The number of carbonyl (C=O) groups is 1. The molecule has 5 nitrogen and oxygen atoms in total. The zero-order chi connectivity index (χ0) is 11.3. The van der Waals surface area contributed by atoms with Gasteiger partial charge in [0.2, 0.25) is 0 Å². The highest BCUT2D eigenvalue weighted by Gasteiger charge is 2.10. The van der Waals surface area contributed by atoms with Gasteiger partial charge < -0.3 is 10.1 Å². The molecule has 0 bridgehead atoms. The molecule has 0 spiro atoms. The first-order chi connectivity index (χ1) is 7.19. The Balaban J connectivity index is 2.58. The van der Waals surface area contributed by atoms with Gasteiger partial charge in [0.05, 0.1) is 6.61 Å². The molecule has 1 rings (SSSR count). The van der Waals surface area contributed by atoms with Crippen molar-refractivity contribution < 1.29 is 9.53 Å². The van der Waals surface area contributed by atoms with Gasteiger partial charge in [0.25, 0.3) is 5.91 Å². The molecule has 0 aliphatic heterocycles. The molecule has 0 unspecified atom stereocenters. The van der Waals surface area contributed by atoms with E-state index in [1.807, 2.05) is 13.8 Å². The van der Waals surface area contributed by atoms with Crippen molar-refractivity contribution in [3.63, 3.8) is 0 Å². The molecule has 0 fully saturated rings. The first-order valence-corrected chi connectivity index (χ1v) is 5.00. The van der Waals surface area contributed by atoms with E-state index in [9.17, 15) is 4.79 Å². The molecule has 0 atom stereocenters. The van der Waals surface area contributed by atoms with Gasteiger partial charge in [-0.05, 0) is 19.9 Å². The van der Waals surface area contributed by atoms with E-state index >= 15 is 0 Å². The van der Waals surface area contributed by atoms with E-state index in [1.54, 1.807) is 17.9 Å². The predicted octanol–water partition coefficient (Wildman–Crippen LogP) is 0.588. The lowest BCUT2D eigenvalue weighted by Crippen LogP contribution is -2.27. The second kappa shape index (κ2) is 5.50. The molecule has 15 heavy (non-hydrogen) atoms. The van der Waals surface area contributed by atoms with E-state index < -0.39 is 0 Å². The fourth-order valence-corrected chi connectivity index (χ4v) is 1.30. The molecule has 0 saturated carbocycles. The number of carbonyl (C=O) groups excluding carboxylic acids is 1. The van der Waals surface area contributed by atoms with Crippen LogP contribution in [-0.2, 0) is 11.3 Å². The van der Waals surface area contributed by atoms with E-state index in [4.69, 9.17) is 4.74 Å². The molecule has 0 radical (unpaired) electrons. The molecule has 0 aliphatic rings. The number of ether oxygens (including phenoxy) is 1. The molecule has 0 aliphatic carbocycles. The molecule has 84 valence electrons. The topological polar surface area (TPSA) is 56.2 Å². The third-order valence-electron chi connectivity index (χ3n) is 2.11. The number of aromatic nitrogens is 2. The van der Waals surface area contributed by atoms with E-state index in [0.29, 0.717) is 18.8 Å². The summed E-state index contributed by atoms with van der Waals surface area (Å²) >= 11 is 0. The number of hydrogen-bond acceptors (Lipinski definition) is 3. The summed E-state index contributed by atoms with van der Waals surface area (Å²) in [6, 6.07) is 1.78. The lowest BCUT2D eigenvalue weighted by Gasteiger charge is -2.01. The highest BCUT2D eigenvalue weighted by atomic mass is 16.5. The van der Waals surface area contributed by atoms with E-state index in [1.165, 1.54) is 0 Å². The van der Waals surface area contributed by atoms with Crippen LogP contribution < -0.4 is 5.32 Å². The van der Waals surface area contributed by atoms with E-state index in [0.717, 1.165) is 12.2 Å². The standard InChI is InChI=1S/C10H17N3O2/c1-4-13-8(2)7-9(12-13)10(14)11-5-6-15-3/h7H,4-6H2,1-3H3,(H,11,14). The van der Waals surface area contributed by atoms with Crippen LogP contribution in [0, 0.1) is 6.92 Å². The van der Waals surface area contributed by atoms with Crippen LogP contribution in [0.25, 0.3) is 0 Å². The molecular weight excluding hydrogens is 194 g/mol. The minimum absolute atomic E-state index is 0.151. The predicted molar refractivity (Wildman–Crippen MR) is 56.8 cm³/mol. The summed E-state index contributed by atoms with van der Waals surface area (Å²) in [4.78, 5) is 11.6. The fraction of sp³-hybridized carbons (Fsp3) is 0.600. The second-order valence-electron chi connectivity index (χ2n) is 3.24. The van der Waals surface area contributed by atoms with Crippen molar-refractivity contribution in [3.05, 3.63) is 17.5 Å². The lowest BCUT2D eigenvalue weighted by atomic mass is 10.3. The Morgan fingerprint density at radius 3 is 2.93 bits per heavy atom. The second-order valence-corrected chi connectivity index (χ2v) is 3.24. The van der Waals surface area contributed by atoms with Gasteiger partial charge in [-0.1, -0.05) is 0 Å². The van der Waals surface area contributed by atoms with Crippen LogP contribution >= 0.6 is 0 Å². The Kier molecular flexibility index (Phi) is 4.30. The van der Waals surface area contributed by atoms with Crippen molar-refractivity contribution >= 4 is 5.91 Å². The van der Waals surface area contributed by atoms with Crippen molar-refractivity contribution in [1.82, 2.24) is 15.1 Å². The molecule has 0 aromatic carbocycles. The fourth-order valence-electron chi connectivity index (χ4n) is 1.30. The van der Waals surface area contributed by atoms with Gasteiger partial charge >= 0.3 is 0 Å². The first-order valence-electron chi connectivity index (χ1n) is 5.00. The molecule has 1 N–H and O–H groups in total. The third kappa shape index (κ3) is 3.06.